The first-order valence-electron chi connectivity index (χ1n) is 15.1. The number of hydrogen-bond donors (Lipinski definition) is 1. The third-order valence-corrected chi connectivity index (χ3v) is 8.63. The molecule has 0 saturated carbocycles. The van der Waals surface area contributed by atoms with Gasteiger partial charge in [-0.05, 0) is 44.4 Å². The van der Waals surface area contributed by atoms with Crippen molar-refractivity contribution in [1.82, 2.24) is 24.9 Å². The van der Waals surface area contributed by atoms with Gasteiger partial charge in [0.1, 0.15) is 17.4 Å². The first-order valence-corrected chi connectivity index (χ1v) is 15.1. The topological polar surface area (TPSA) is 108 Å². The highest BCUT2D eigenvalue weighted by atomic mass is 19.1. The molecule has 2 aliphatic heterocycles. The maximum Gasteiger partial charge on any atom is 0.185 e. The van der Waals surface area contributed by atoms with Crippen LogP contribution in [0.25, 0.3) is 22.0 Å². The maximum absolute atomic E-state index is 14.9. The maximum atomic E-state index is 14.9. The van der Waals surface area contributed by atoms with Crippen LogP contribution in [0.5, 0.6) is 5.75 Å². The second-order valence-electron chi connectivity index (χ2n) is 12.5. The van der Waals surface area contributed by atoms with E-state index in [-0.39, 0.29) is 34.9 Å². The van der Waals surface area contributed by atoms with Crippen molar-refractivity contribution in [2.75, 3.05) is 32.1 Å². The molecule has 0 bridgehead atoms. The lowest BCUT2D eigenvalue weighted by Crippen LogP contribution is -2.48. The summed E-state index contributed by atoms with van der Waals surface area (Å²) in [5.74, 6) is 0.208. The van der Waals surface area contributed by atoms with Crippen molar-refractivity contribution in [2.24, 2.45) is 0 Å². The molecule has 2 aliphatic rings. The van der Waals surface area contributed by atoms with Gasteiger partial charge in [-0.3, -0.25) is 9.69 Å². The average molecular weight is 587 g/mol. The molecule has 4 heterocycles. The van der Waals surface area contributed by atoms with Crippen LogP contribution in [0.1, 0.15) is 69.1 Å². The van der Waals surface area contributed by atoms with Gasteiger partial charge in [-0.25, -0.2) is 14.1 Å². The third-order valence-electron chi connectivity index (χ3n) is 8.63. The summed E-state index contributed by atoms with van der Waals surface area (Å²) in [6, 6.07) is 11.5. The van der Waals surface area contributed by atoms with E-state index < -0.39 is 6.04 Å². The van der Waals surface area contributed by atoms with Gasteiger partial charge in [-0.15, -0.1) is 5.10 Å². The van der Waals surface area contributed by atoms with E-state index in [0.717, 1.165) is 31.5 Å². The predicted molar refractivity (Wildman–Crippen MR) is 164 cm³/mol. The third kappa shape index (κ3) is 5.61. The Balaban J connectivity index is 1.44. The number of ketones is 1. The van der Waals surface area contributed by atoms with Gasteiger partial charge in [0.05, 0.1) is 35.5 Å². The van der Waals surface area contributed by atoms with Crippen molar-refractivity contribution in [2.45, 2.75) is 70.5 Å². The van der Waals surface area contributed by atoms with E-state index in [1.807, 2.05) is 23.9 Å². The number of nitrogens with zero attached hydrogens (tertiary/aromatic N) is 5. The molecule has 2 N–H and O–H groups in total. The van der Waals surface area contributed by atoms with Gasteiger partial charge in [0, 0.05) is 60.0 Å². The highest BCUT2D eigenvalue weighted by Gasteiger charge is 2.45. The zero-order chi connectivity index (χ0) is 30.3. The van der Waals surface area contributed by atoms with Crippen LogP contribution in [-0.4, -0.2) is 69.1 Å². The first-order chi connectivity index (χ1) is 20.7. The molecule has 2 atom stereocenters. The number of halogens is 1. The fraction of sp³-hybridized carbons (Fsp3) is 0.455. The Morgan fingerprint density at radius 3 is 2.58 bits per heavy atom. The van der Waals surface area contributed by atoms with Crippen LogP contribution < -0.4 is 10.5 Å². The smallest absolute Gasteiger partial charge is 0.185 e. The van der Waals surface area contributed by atoms with E-state index >= 15 is 0 Å². The fourth-order valence-corrected chi connectivity index (χ4v) is 6.35. The molecule has 2 aromatic heterocycles. The zero-order valence-electron chi connectivity index (χ0n) is 25.2. The molecule has 10 heteroatoms. The number of ether oxygens (including phenoxy) is 2. The van der Waals surface area contributed by atoms with Crippen molar-refractivity contribution in [3.8, 4) is 16.9 Å². The standard InChI is InChI=1S/C33H39FN6O3/c1-5-43-28-18-26-20(16-23(28)22-8-6-7-9-25(22)34)17-24(32(35)36-26)31(41)30-27(40-19-29(37-38-40)33(2,3)4)10-13-39(30)21-11-14-42-15-12-21/h6-9,16-19,21,27,30H,5,10-15H2,1-4H3,(H2,35,36). The molecule has 2 aromatic carbocycles. The van der Waals surface area contributed by atoms with E-state index in [0.29, 0.717) is 53.2 Å². The van der Waals surface area contributed by atoms with Gasteiger partial charge in [0.15, 0.2) is 5.78 Å². The van der Waals surface area contributed by atoms with Crippen molar-refractivity contribution in [1.29, 1.82) is 0 Å². The van der Waals surface area contributed by atoms with Crippen LogP contribution in [0, 0.1) is 5.82 Å². The minimum absolute atomic E-state index is 0.102. The van der Waals surface area contributed by atoms with Gasteiger partial charge >= 0.3 is 0 Å². The van der Waals surface area contributed by atoms with Crippen LogP contribution in [0.15, 0.2) is 48.7 Å². The summed E-state index contributed by atoms with van der Waals surface area (Å²) in [6.45, 7) is 10.7. The molecule has 0 amide bonds. The SMILES string of the molecule is CCOc1cc2nc(N)c(C(=O)C3C(n4cc(C(C)(C)C)nn4)CCN3C3CCOCC3)cc2cc1-c1ccccc1F. The largest absolute Gasteiger partial charge is 0.493 e. The summed E-state index contributed by atoms with van der Waals surface area (Å²) >= 11 is 0. The predicted octanol–water partition coefficient (Wildman–Crippen LogP) is 5.59. The van der Waals surface area contributed by atoms with E-state index in [9.17, 15) is 9.18 Å². The number of benzene rings is 2. The lowest BCUT2D eigenvalue weighted by atomic mass is 9.92. The van der Waals surface area contributed by atoms with Gasteiger partial charge in [-0.2, -0.15) is 0 Å². The molecule has 2 saturated heterocycles. The number of nitrogen functional groups attached to an aromatic ring is 1. The van der Waals surface area contributed by atoms with Crippen molar-refractivity contribution < 1.29 is 18.7 Å². The van der Waals surface area contributed by atoms with Gasteiger partial charge in [0.2, 0.25) is 0 Å². The van der Waals surface area contributed by atoms with Crippen LogP contribution in [0.2, 0.25) is 0 Å². The number of rotatable bonds is 7. The summed E-state index contributed by atoms with van der Waals surface area (Å²) in [4.78, 5) is 21.5. The number of nitrogens with two attached hydrogens (primary N) is 1. The Morgan fingerprint density at radius 2 is 1.88 bits per heavy atom. The number of fused-ring (bicyclic) bond motifs is 1. The highest BCUT2D eigenvalue weighted by Crippen LogP contribution is 2.39. The van der Waals surface area contributed by atoms with Crippen molar-refractivity contribution in [3.05, 3.63) is 65.7 Å². The van der Waals surface area contributed by atoms with E-state index in [2.05, 4.69) is 41.0 Å². The highest BCUT2D eigenvalue weighted by molar-refractivity contribution is 6.07. The second kappa shape index (κ2) is 11.7. The first kappa shape index (κ1) is 29.2. The molecular formula is C33H39FN6O3. The van der Waals surface area contributed by atoms with E-state index in [4.69, 9.17) is 15.2 Å². The number of anilines is 1. The number of likely N-dealkylation sites (tertiary alicyclic amines) is 1. The number of Topliss-reactive ketones (excluding diaryl/α,β-unsaturated/α-hetero) is 1. The molecule has 2 fully saturated rings. The van der Waals surface area contributed by atoms with Crippen LogP contribution in [-0.2, 0) is 10.2 Å². The van der Waals surface area contributed by atoms with Gasteiger partial charge in [-0.1, -0.05) is 44.2 Å². The number of carbonyl (C=O) groups is 1. The summed E-state index contributed by atoms with van der Waals surface area (Å²) in [6.07, 6.45) is 4.45. The number of pyridine rings is 1. The van der Waals surface area contributed by atoms with E-state index in [1.165, 1.54) is 6.07 Å². The van der Waals surface area contributed by atoms with Gasteiger partial charge in [0.25, 0.3) is 0 Å². The molecule has 0 aliphatic carbocycles. The summed E-state index contributed by atoms with van der Waals surface area (Å²) in [7, 11) is 0. The quantitative estimate of drug-likeness (QED) is 0.279. The minimum atomic E-state index is -0.493. The van der Waals surface area contributed by atoms with Crippen LogP contribution in [0.4, 0.5) is 10.2 Å². The van der Waals surface area contributed by atoms with E-state index in [1.54, 1.807) is 30.3 Å². The Hall–Kier alpha value is -3.89. The molecule has 0 spiro atoms. The van der Waals surface area contributed by atoms with Crippen LogP contribution in [0.3, 0.4) is 0 Å². The molecule has 6 rings (SSSR count). The molecule has 226 valence electrons. The zero-order valence-corrected chi connectivity index (χ0v) is 25.2. The molecular weight excluding hydrogens is 547 g/mol. The van der Waals surface area contributed by atoms with Crippen molar-refractivity contribution >= 4 is 22.5 Å². The Labute approximate surface area is 251 Å². The van der Waals surface area contributed by atoms with Crippen molar-refractivity contribution in [3.63, 3.8) is 0 Å². The lowest BCUT2D eigenvalue weighted by molar-refractivity contribution is 0.0253. The normalized spacial score (nSPS) is 20.1. The Morgan fingerprint density at radius 1 is 1.12 bits per heavy atom. The minimum Gasteiger partial charge on any atom is -0.493 e. The summed E-state index contributed by atoms with van der Waals surface area (Å²) in [5.41, 5.74) is 9.16. The monoisotopic (exact) mass is 586 g/mol. The average Bonchev–Trinajstić information content (AvgIpc) is 3.65. The molecule has 4 aromatic rings. The molecule has 9 nitrogen and oxygen atoms in total. The number of hydrogen-bond acceptors (Lipinski definition) is 8. The summed E-state index contributed by atoms with van der Waals surface area (Å²) in [5, 5.41) is 9.62. The van der Waals surface area contributed by atoms with Gasteiger partial charge < -0.3 is 15.2 Å². The Bertz CT molecular complexity index is 1640. The number of carbonyl (C=O) groups excluding carboxylic acids is 1. The molecule has 0 radical (unpaired) electrons. The molecule has 43 heavy (non-hydrogen) atoms. The second-order valence-corrected chi connectivity index (χ2v) is 12.5. The summed E-state index contributed by atoms with van der Waals surface area (Å²) < 4.78 is 28.3. The lowest BCUT2D eigenvalue weighted by Gasteiger charge is -2.36. The number of aromatic nitrogens is 4. The fourth-order valence-electron chi connectivity index (χ4n) is 6.35. The van der Waals surface area contributed by atoms with Crippen LogP contribution >= 0.6 is 0 Å². The molecule has 2 unspecified atom stereocenters. The Kier molecular flexibility index (Phi) is 7.91.